The van der Waals surface area contributed by atoms with Gasteiger partial charge in [0.15, 0.2) is 10.1 Å². The summed E-state index contributed by atoms with van der Waals surface area (Å²) in [5.41, 5.74) is 0. The van der Waals surface area contributed by atoms with E-state index in [4.69, 9.17) is 0 Å². The molecular formula is C3F7O3STl. The normalized spacial score (nSPS) is 14.7. The molecule has 0 aliphatic heterocycles. The zero-order chi connectivity index (χ0) is 12.0. The van der Waals surface area contributed by atoms with Crippen molar-refractivity contribution in [1.82, 2.24) is 0 Å². The molecule has 0 spiro atoms. The molecule has 0 aromatic carbocycles. The molecule has 3 nitrogen and oxygen atoms in total. The Labute approximate surface area is 98.5 Å². The minimum atomic E-state index is -7.10. The van der Waals surface area contributed by atoms with Gasteiger partial charge in [0.2, 0.25) is 0 Å². The van der Waals surface area contributed by atoms with Crippen LogP contribution in [0.4, 0.5) is 30.7 Å². The quantitative estimate of drug-likeness (QED) is 0.355. The van der Waals surface area contributed by atoms with Crippen LogP contribution in [0, 0.1) is 0 Å². The van der Waals surface area contributed by atoms with E-state index in [-0.39, 0.29) is 27.3 Å². The first-order valence-electron chi connectivity index (χ1n) is 2.53. The van der Waals surface area contributed by atoms with E-state index in [1.807, 2.05) is 0 Å². The zero-order valence-electron chi connectivity index (χ0n) is 6.36. The molecule has 15 heavy (non-hydrogen) atoms. The maximum absolute atomic E-state index is 11.8. The van der Waals surface area contributed by atoms with Gasteiger partial charge in [-0.2, -0.15) is 30.7 Å². The molecule has 0 rings (SSSR count). The van der Waals surface area contributed by atoms with E-state index in [2.05, 4.69) is 0 Å². The fourth-order valence-electron chi connectivity index (χ4n) is 0.322. The maximum Gasteiger partial charge on any atom is 1.00 e. The number of rotatable bonds is 2. The first kappa shape index (κ1) is 17.7. The summed E-state index contributed by atoms with van der Waals surface area (Å²) < 4.78 is 109. The van der Waals surface area contributed by atoms with E-state index in [0.717, 1.165) is 0 Å². The van der Waals surface area contributed by atoms with Gasteiger partial charge in [-0.1, -0.05) is 0 Å². The third-order valence-corrected chi connectivity index (χ3v) is 1.92. The van der Waals surface area contributed by atoms with Gasteiger partial charge in [0.1, 0.15) is 0 Å². The molecule has 0 saturated carbocycles. The van der Waals surface area contributed by atoms with Crippen molar-refractivity contribution in [3.8, 4) is 0 Å². The SMILES string of the molecule is O=S(=O)([O-])C(F)(F)C(F)(F)C(F)(F)F.[Tl+]. The average Bonchev–Trinajstić information content (AvgIpc) is 1.81. The molecule has 0 heterocycles. The van der Waals surface area contributed by atoms with Crippen molar-refractivity contribution in [1.29, 1.82) is 0 Å². The summed E-state index contributed by atoms with van der Waals surface area (Å²) >= 11 is 0. The molecule has 0 bridgehead atoms. The van der Waals surface area contributed by atoms with Crippen LogP contribution >= 0.6 is 0 Å². The average molecular weight is 453 g/mol. The second kappa shape index (κ2) is 4.31. The minimum absolute atomic E-state index is 0. The summed E-state index contributed by atoms with van der Waals surface area (Å²) in [4.78, 5) is 0. The smallest absolute Gasteiger partial charge is 0.743 e. The largest absolute Gasteiger partial charge is 1.00 e. The predicted octanol–water partition coefficient (Wildman–Crippen LogP) is 0.941. The Hall–Kier alpha value is 0.342. The molecule has 12 heteroatoms. The zero-order valence-corrected chi connectivity index (χ0v) is 11.7. The van der Waals surface area contributed by atoms with Crippen molar-refractivity contribution in [2.45, 2.75) is 17.4 Å². The molecule has 0 fully saturated rings. The van der Waals surface area contributed by atoms with Crippen molar-refractivity contribution in [2.24, 2.45) is 0 Å². The van der Waals surface area contributed by atoms with Gasteiger partial charge < -0.3 is 4.55 Å². The van der Waals surface area contributed by atoms with Crippen LogP contribution in [0.3, 0.4) is 0 Å². The molecular weight excluding hydrogens is 453 g/mol. The maximum atomic E-state index is 11.8. The Bertz CT molecular complexity index is 319. The van der Waals surface area contributed by atoms with Crippen LogP contribution in [-0.4, -0.2) is 57.6 Å². The minimum Gasteiger partial charge on any atom is -0.743 e. The van der Waals surface area contributed by atoms with Crippen molar-refractivity contribution in [2.75, 3.05) is 0 Å². The van der Waals surface area contributed by atoms with Gasteiger partial charge in [-0.3, -0.25) is 0 Å². The molecule has 0 amide bonds. The summed E-state index contributed by atoms with van der Waals surface area (Å²) in [6, 6.07) is 0. The van der Waals surface area contributed by atoms with Crippen molar-refractivity contribution >= 4 is 37.4 Å². The van der Waals surface area contributed by atoms with Gasteiger partial charge >= 0.3 is 44.7 Å². The number of halogens is 7. The Kier molecular flexibility index (Phi) is 5.09. The van der Waals surface area contributed by atoms with Crippen LogP contribution in [0.2, 0.25) is 0 Å². The Morgan fingerprint density at radius 1 is 0.867 bits per heavy atom. The fraction of sp³-hybridized carbons (Fsp3) is 1.00. The Balaban J connectivity index is 0. The third kappa shape index (κ3) is 2.92. The summed E-state index contributed by atoms with van der Waals surface area (Å²) in [5, 5.41) is -6.72. The molecule has 0 unspecified atom stereocenters. The van der Waals surface area contributed by atoms with E-state index < -0.39 is 27.5 Å². The van der Waals surface area contributed by atoms with Gasteiger partial charge in [0.05, 0.1) is 0 Å². The van der Waals surface area contributed by atoms with E-state index in [1.165, 1.54) is 0 Å². The van der Waals surface area contributed by atoms with Crippen LogP contribution in [0.5, 0.6) is 0 Å². The van der Waals surface area contributed by atoms with E-state index >= 15 is 0 Å². The number of alkyl halides is 7. The molecule has 0 saturated heterocycles. The predicted molar refractivity (Wildman–Crippen MR) is 31.4 cm³/mol. The van der Waals surface area contributed by atoms with Gasteiger partial charge in [-0.15, -0.1) is 0 Å². The number of hydrogen-bond acceptors (Lipinski definition) is 3. The van der Waals surface area contributed by atoms with Gasteiger partial charge in [-0.05, 0) is 0 Å². The summed E-state index contributed by atoms with van der Waals surface area (Å²) in [6.07, 6.45) is -6.83. The summed E-state index contributed by atoms with van der Waals surface area (Å²) in [6.45, 7) is 0. The summed E-state index contributed by atoms with van der Waals surface area (Å²) in [7, 11) is -7.10. The monoisotopic (exact) mass is 454 g/mol. The van der Waals surface area contributed by atoms with Gasteiger partial charge in [0, 0.05) is 0 Å². The molecule has 0 aliphatic rings. The molecule has 0 atom stereocenters. The molecule has 0 aromatic heterocycles. The van der Waals surface area contributed by atoms with Crippen LogP contribution in [0.25, 0.3) is 0 Å². The molecule has 0 radical (unpaired) electrons. The van der Waals surface area contributed by atoms with Gasteiger partial charge in [-0.25, -0.2) is 8.42 Å². The second-order valence-electron chi connectivity index (χ2n) is 2.04. The second-order valence-corrected chi connectivity index (χ2v) is 3.46. The first-order valence-corrected chi connectivity index (χ1v) is 3.94. The van der Waals surface area contributed by atoms with E-state index in [0.29, 0.717) is 0 Å². The first-order chi connectivity index (χ1) is 5.75. The van der Waals surface area contributed by atoms with E-state index in [9.17, 15) is 43.7 Å². The molecule has 88 valence electrons. The fourth-order valence-corrected chi connectivity index (χ4v) is 0.752. The van der Waals surface area contributed by atoms with Crippen LogP contribution < -0.4 is 0 Å². The molecule has 0 N–H and O–H groups in total. The topological polar surface area (TPSA) is 57.2 Å². The van der Waals surface area contributed by atoms with Crippen LogP contribution in [0.15, 0.2) is 0 Å². The number of hydrogen-bond donors (Lipinski definition) is 0. The Morgan fingerprint density at radius 3 is 1.20 bits per heavy atom. The van der Waals surface area contributed by atoms with Crippen molar-refractivity contribution in [3.05, 3.63) is 0 Å². The molecule has 0 aliphatic carbocycles. The van der Waals surface area contributed by atoms with Gasteiger partial charge in [0.25, 0.3) is 0 Å². The van der Waals surface area contributed by atoms with Crippen LogP contribution in [-0.2, 0) is 10.1 Å². The van der Waals surface area contributed by atoms with E-state index in [1.54, 1.807) is 0 Å². The standard InChI is InChI=1S/C3HF7O3S.Tl/c4-1(5,2(6,7)8)3(9,10)14(11,12)13;/h(H,11,12,13);/q;+1/p-1. The van der Waals surface area contributed by atoms with Crippen molar-refractivity contribution < 1.29 is 43.7 Å². The van der Waals surface area contributed by atoms with Crippen LogP contribution in [0.1, 0.15) is 0 Å². The Morgan fingerprint density at radius 2 is 1.13 bits per heavy atom. The van der Waals surface area contributed by atoms with Crippen molar-refractivity contribution in [3.63, 3.8) is 0 Å². The third-order valence-electron chi connectivity index (χ3n) is 1.04. The molecule has 0 aromatic rings. The summed E-state index contributed by atoms with van der Waals surface area (Å²) in [5.74, 6) is -6.92.